The summed E-state index contributed by atoms with van der Waals surface area (Å²) in [6, 6.07) is 19.9. The highest BCUT2D eigenvalue weighted by molar-refractivity contribution is 7.48. The summed E-state index contributed by atoms with van der Waals surface area (Å²) in [6.07, 6.45) is 17.1. The topological polar surface area (TPSA) is 171 Å². The Bertz CT molecular complexity index is 1980. The van der Waals surface area contributed by atoms with Gasteiger partial charge in [0.15, 0.2) is 17.7 Å². The van der Waals surface area contributed by atoms with Crippen molar-refractivity contribution in [2.45, 2.75) is 147 Å². The van der Waals surface area contributed by atoms with Gasteiger partial charge in [-0.3, -0.25) is 9.05 Å². The van der Waals surface area contributed by atoms with E-state index in [-0.39, 0.29) is 29.8 Å². The van der Waals surface area contributed by atoms with E-state index in [2.05, 4.69) is 17.0 Å². The fraction of sp³-hybridized carbons (Fsp3) is 0.587. The second-order valence-corrected chi connectivity index (χ2v) is 18.1. The number of phosphoric acid groups is 1. The van der Waals surface area contributed by atoms with Gasteiger partial charge in [-0.05, 0) is 50.1 Å². The molecule has 2 N–H and O–H groups in total. The average molecular weight is 898 g/mol. The number of halogens is 1. The van der Waals surface area contributed by atoms with Crippen molar-refractivity contribution in [3.8, 4) is 12.0 Å². The summed E-state index contributed by atoms with van der Waals surface area (Å²) in [4.78, 5) is 4.07. The molecular weight excluding hydrogens is 833 g/mol. The summed E-state index contributed by atoms with van der Waals surface area (Å²) in [5.41, 5.74) is 8.23. The Morgan fingerprint density at radius 3 is 2.18 bits per heavy atom. The molecule has 0 saturated carbocycles. The largest absolute Gasteiger partial charge is 0.530 e. The number of para-hydroxylation sites is 1. The molecular formula is C46H65ClN5O9P. The molecule has 1 aliphatic heterocycles. The van der Waals surface area contributed by atoms with Crippen LogP contribution in [0.4, 0.5) is 5.82 Å². The number of benzene rings is 2. The maximum atomic E-state index is 14.7. The smallest absolute Gasteiger partial charge is 0.419 e. The van der Waals surface area contributed by atoms with Crippen LogP contribution in [0, 0.1) is 11.5 Å². The SMILES string of the molecule is CCCCCCCCCCCCCCCCO[C@H](COCc1ccccc1)COP(=O)(OC[C@@H](OC#N)[C@H]1OC(C)(C)O[C@H]1c1ccc2c(N)ncnn12)Oc1ccccc1Cl. The van der Waals surface area contributed by atoms with E-state index in [1.54, 1.807) is 61.0 Å². The van der Waals surface area contributed by atoms with Crippen molar-refractivity contribution >= 4 is 30.8 Å². The molecule has 2 aromatic carbocycles. The van der Waals surface area contributed by atoms with Crippen LogP contribution >= 0.6 is 19.4 Å². The van der Waals surface area contributed by atoms with E-state index in [1.165, 1.54) is 77.0 Å². The number of nitriles is 1. The minimum absolute atomic E-state index is 0.0758. The highest BCUT2D eigenvalue weighted by Gasteiger charge is 2.49. The summed E-state index contributed by atoms with van der Waals surface area (Å²) >= 11 is 6.45. The minimum atomic E-state index is -4.51. The first-order valence-corrected chi connectivity index (χ1v) is 24.0. The van der Waals surface area contributed by atoms with Crippen molar-refractivity contribution in [2.24, 2.45) is 0 Å². The summed E-state index contributed by atoms with van der Waals surface area (Å²) < 4.78 is 64.7. The van der Waals surface area contributed by atoms with Gasteiger partial charge in [-0.2, -0.15) is 10.4 Å². The number of hydrogen-bond donors (Lipinski definition) is 1. The summed E-state index contributed by atoms with van der Waals surface area (Å²) in [5, 5.41) is 14.3. The third-order valence-corrected chi connectivity index (χ3v) is 12.3. The molecule has 1 fully saturated rings. The number of ether oxygens (including phenoxy) is 5. The Morgan fingerprint density at radius 2 is 1.50 bits per heavy atom. The second-order valence-electron chi connectivity index (χ2n) is 16.1. The van der Waals surface area contributed by atoms with Gasteiger partial charge in [-0.15, -0.1) is 0 Å². The Morgan fingerprint density at radius 1 is 0.855 bits per heavy atom. The molecule has 0 bridgehead atoms. The number of nitrogens with zero attached hydrogens (tertiary/aromatic N) is 4. The molecule has 1 aliphatic rings. The molecule has 5 atom stereocenters. The van der Waals surface area contributed by atoms with E-state index in [4.69, 9.17) is 54.6 Å². The quantitative estimate of drug-likeness (QED) is 0.0288. The fourth-order valence-electron chi connectivity index (χ4n) is 7.38. The lowest BCUT2D eigenvalue weighted by Gasteiger charge is -2.27. The van der Waals surface area contributed by atoms with Crippen molar-refractivity contribution in [3.05, 3.63) is 89.3 Å². The number of phosphoric ester groups is 1. The maximum Gasteiger partial charge on any atom is 0.530 e. The Kier molecular flexibility index (Phi) is 20.7. The maximum absolute atomic E-state index is 14.7. The molecule has 3 heterocycles. The zero-order valence-electron chi connectivity index (χ0n) is 36.5. The van der Waals surface area contributed by atoms with Crippen molar-refractivity contribution in [1.82, 2.24) is 14.6 Å². The number of aromatic nitrogens is 3. The van der Waals surface area contributed by atoms with Gasteiger partial charge in [-0.25, -0.2) is 14.1 Å². The molecule has 14 nitrogen and oxygen atoms in total. The van der Waals surface area contributed by atoms with Gasteiger partial charge in [0, 0.05) is 6.61 Å². The molecule has 16 heteroatoms. The van der Waals surface area contributed by atoms with Crippen molar-refractivity contribution in [2.75, 3.05) is 32.2 Å². The summed E-state index contributed by atoms with van der Waals surface area (Å²) in [6.45, 7) is 6.04. The average Bonchev–Trinajstić information content (AvgIpc) is 3.84. The Labute approximate surface area is 372 Å². The minimum Gasteiger partial charge on any atom is -0.419 e. The number of hydrogen-bond acceptors (Lipinski definition) is 13. The lowest BCUT2D eigenvalue weighted by molar-refractivity contribution is -0.157. The predicted molar refractivity (Wildman–Crippen MR) is 238 cm³/mol. The van der Waals surface area contributed by atoms with Crippen molar-refractivity contribution in [1.29, 1.82) is 5.26 Å². The lowest BCUT2D eigenvalue weighted by atomic mass is 10.0. The van der Waals surface area contributed by atoms with Crippen LogP contribution in [0.2, 0.25) is 5.02 Å². The molecule has 0 radical (unpaired) electrons. The Hall–Kier alpha value is -3.77. The van der Waals surface area contributed by atoms with E-state index < -0.39 is 44.6 Å². The normalized spacial score (nSPS) is 18.0. The number of unbranched alkanes of at least 4 members (excludes halogenated alkanes) is 13. The highest BCUT2D eigenvalue weighted by Crippen LogP contribution is 2.52. The first kappa shape index (κ1) is 49.2. The van der Waals surface area contributed by atoms with Crippen LogP contribution in [0.5, 0.6) is 5.75 Å². The first-order valence-electron chi connectivity index (χ1n) is 22.2. The van der Waals surface area contributed by atoms with Crippen LogP contribution in [0.15, 0.2) is 73.1 Å². The standard InChI is InChI=1S/C46H65ClN5O9P/c1-4-5-6-7-8-9-10-11-12-13-14-15-16-22-29-55-37(31-54-30-36-23-18-17-19-24-36)32-57-62(53,61-41-26-21-20-25-38(41)47)58-33-42(56-34-48)44-43(59-46(2,3)60-44)39-27-28-40-45(49)50-35-51-52(39)40/h17-21,23-28,35,37,42-44H,4-16,22,29-33H2,1-3H3,(H2,49,50,51)/t37-,42-,43+,44-,62?/m1/s1. The van der Waals surface area contributed by atoms with E-state index in [1.807, 2.05) is 30.3 Å². The van der Waals surface area contributed by atoms with Gasteiger partial charge in [0.2, 0.25) is 0 Å². The van der Waals surface area contributed by atoms with Gasteiger partial charge in [0.1, 0.15) is 42.5 Å². The number of nitrogens with two attached hydrogens (primary N) is 1. The van der Waals surface area contributed by atoms with Crippen molar-refractivity contribution in [3.63, 3.8) is 0 Å². The second kappa shape index (κ2) is 26.1. The predicted octanol–water partition coefficient (Wildman–Crippen LogP) is 11.3. The third-order valence-electron chi connectivity index (χ3n) is 10.6. The molecule has 0 aliphatic carbocycles. The lowest BCUT2D eigenvalue weighted by Crippen LogP contribution is -2.37. The molecule has 1 unspecified atom stereocenters. The van der Waals surface area contributed by atoms with Gasteiger partial charge in [0.05, 0.1) is 30.5 Å². The molecule has 0 amide bonds. The molecule has 340 valence electrons. The van der Waals surface area contributed by atoms with Crippen LogP contribution in [0.3, 0.4) is 0 Å². The van der Waals surface area contributed by atoms with Crippen LogP contribution in [-0.2, 0) is 43.9 Å². The zero-order valence-corrected chi connectivity index (χ0v) is 38.2. The zero-order chi connectivity index (χ0) is 44.0. The summed E-state index contributed by atoms with van der Waals surface area (Å²) in [7, 11) is -4.51. The van der Waals surface area contributed by atoms with Crippen LogP contribution in [-0.4, -0.2) is 65.1 Å². The number of nitrogen functional groups attached to an aromatic ring is 1. The highest BCUT2D eigenvalue weighted by atomic mass is 35.5. The molecule has 5 rings (SSSR count). The molecule has 4 aromatic rings. The monoisotopic (exact) mass is 897 g/mol. The first-order chi connectivity index (χ1) is 30.1. The molecule has 2 aromatic heterocycles. The van der Waals surface area contributed by atoms with Gasteiger partial charge >= 0.3 is 7.82 Å². The van der Waals surface area contributed by atoms with Gasteiger partial charge < -0.3 is 33.9 Å². The molecule has 0 spiro atoms. The number of fused-ring (bicyclic) bond motifs is 1. The van der Waals surface area contributed by atoms with Crippen LogP contribution in [0.25, 0.3) is 5.52 Å². The number of anilines is 1. The third kappa shape index (κ3) is 16.1. The van der Waals surface area contributed by atoms with E-state index in [0.717, 1.165) is 24.8 Å². The summed E-state index contributed by atoms with van der Waals surface area (Å²) in [5.74, 6) is -0.760. The van der Waals surface area contributed by atoms with Crippen LogP contribution < -0.4 is 10.3 Å². The van der Waals surface area contributed by atoms with Gasteiger partial charge in [0.25, 0.3) is 6.26 Å². The van der Waals surface area contributed by atoms with Crippen LogP contribution in [0.1, 0.15) is 128 Å². The van der Waals surface area contributed by atoms with Crippen molar-refractivity contribution < 1.29 is 41.8 Å². The van der Waals surface area contributed by atoms with E-state index >= 15 is 0 Å². The molecule has 1 saturated heterocycles. The van der Waals surface area contributed by atoms with E-state index in [9.17, 15) is 9.83 Å². The van der Waals surface area contributed by atoms with E-state index in [0.29, 0.717) is 24.4 Å². The number of rotatable bonds is 31. The Balaban J connectivity index is 1.20. The fourth-order valence-corrected chi connectivity index (χ4v) is 8.87. The van der Waals surface area contributed by atoms with Gasteiger partial charge in [-0.1, -0.05) is 144 Å². The molecule has 62 heavy (non-hydrogen) atoms.